The molecule has 29 heavy (non-hydrogen) atoms. The van der Waals surface area contributed by atoms with Crippen molar-refractivity contribution in [2.24, 2.45) is 5.92 Å². The number of rotatable bonds is 8. The van der Waals surface area contributed by atoms with Crippen LogP contribution < -0.4 is 4.74 Å². The van der Waals surface area contributed by atoms with Crippen LogP contribution in [-0.2, 0) is 25.8 Å². The van der Waals surface area contributed by atoms with Crippen LogP contribution in [0.25, 0.3) is 11.3 Å². The van der Waals surface area contributed by atoms with Gasteiger partial charge in [-0.25, -0.2) is 13.4 Å². The van der Waals surface area contributed by atoms with Crippen molar-refractivity contribution in [2.75, 3.05) is 26.1 Å². The molecule has 0 spiro atoms. The topological polar surface area (TPSA) is 82.6 Å². The highest BCUT2D eigenvalue weighted by Crippen LogP contribution is 2.28. The molecule has 2 heterocycles. The molecule has 1 fully saturated rings. The number of carbonyl (C=O) groups excluding carboxylic acids is 1. The number of sulfone groups is 1. The summed E-state index contributed by atoms with van der Waals surface area (Å²) < 4.78 is 34.9. The number of Topliss-reactive ketones (excluding diaryl/α,β-unsaturated/α-hetero) is 1. The normalized spacial score (nSPS) is 16.0. The lowest BCUT2D eigenvalue weighted by atomic mass is 10.0. The monoisotopic (exact) mass is 437 g/mol. The second-order valence-corrected chi connectivity index (χ2v) is 11.3. The summed E-state index contributed by atoms with van der Waals surface area (Å²) in [4.78, 5) is 17.4. The summed E-state index contributed by atoms with van der Waals surface area (Å²) in [5.41, 5.74) is 1.69. The van der Waals surface area contributed by atoms with E-state index in [1.165, 1.54) is 25.2 Å². The number of thiazole rings is 1. The zero-order valence-electron chi connectivity index (χ0n) is 17.0. The average Bonchev–Trinajstić information content (AvgIpc) is 3.16. The summed E-state index contributed by atoms with van der Waals surface area (Å²) in [6.45, 7) is 4.20. The van der Waals surface area contributed by atoms with E-state index in [-0.39, 0.29) is 23.9 Å². The van der Waals surface area contributed by atoms with Crippen LogP contribution in [0.3, 0.4) is 0 Å². The van der Waals surface area contributed by atoms with E-state index in [2.05, 4.69) is 4.98 Å². The second-order valence-electron chi connectivity index (χ2n) is 7.80. The largest absolute Gasteiger partial charge is 0.497 e. The van der Waals surface area contributed by atoms with Crippen molar-refractivity contribution in [3.63, 3.8) is 0 Å². The van der Waals surface area contributed by atoms with Crippen molar-refractivity contribution in [1.29, 1.82) is 0 Å². The third kappa shape index (κ3) is 5.05. The predicted molar refractivity (Wildman–Crippen MR) is 114 cm³/mol. The number of aromatic nitrogens is 1. The Labute approximate surface area is 176 Å². The molecule has 0 N–H and O–H groups in total. The summed E-state index contributed by atoms with van der Waals surface area (Å²) in [6, 6.07) is 7.51. The fourth-order valence-electron chi connectivity index (χ4n) is 3.24. The number of methoxy groups -OCH3 is 1. The molecule has 0 saturated carbocycles. The van der Waals surface area contributed by atoms with Crippen molar-refractivity contribution in [1.82, 2.24) is 4.98 Å². The smallest absolute Gasteiger partial charge is 0.162 e. The minimum absolute atomic E-state index is 0.0147. The quantitative estimate of drug-likeness (QED) is 0.628. The SMILES string of the molecule is COc1ccc(-c2csc(CC(=O)C(C)(C)S(=O)(=O)CC3CCOCC3)n2)cc1. The van der Waals surface area contributed by atoms with Gasteiger partial charge in [0.25, 0.3) is 0 Å². The van der Waals surface area contributed by atoms with E-state index in [9.17, 15) is 13.2 Å². The molecule has 0 unspecified atom stereocenters. The van der Waals surface area contributed by atoms with Gasteiger partial charge in [-0.2, -0.15) is 0 Å². The van der Waals surface area contributed by atoms with E-state index < -0.39 is 14.6 Å². The molecule has 2 aromatic rings. The fourth-order valence-corrected chi connectivity index (χ4v) is 5.83. The van der Waals surface area contributed by atoms with E-state index in [0.29, 0.717) is 18.2 Å². The Morgan fingerprint density at radius 1 is 1.24 bits per heavy atom. The molecule has 158 valence electrons. The lowest BCUT2D eigenvalue weighted by Crippen LogP contribution is -2.44. The van der Waals surface area contributed by atoms with Gasteiger partial charge < -0.3 is 9.47 Å². The first-order chi connectivity index (χ1) is 13.7. The van der Waals surface area contributed by atoms with Gasteiger partial charge in [0, 0.05) is 24.2 Å². The van der Waals surface area contributed by atoms with Gasteiger partial charge in [0.05, 0.1) is 25.0 Å². The molecular formula is C21H27NO5S2. The van der Waals surface area contributed by atoms with Crippen LogP contribution in [0.1, 0.15) is 31.7 Å². The van der Waals surface area contributed by atoms with Gasteiger partial charge in [-0.05, 0) is 56.9 Å². The molecule has 0 bridgehead atoms. The molecule has 3 rings (SSSR count). The molecule has 0 radical (unpaired) electrons. The van der Waals surface area contributed by atoms with Gasteiger partial charge in [0.1, 0.15) is 15.5 Å². The third-order valence-corrected chi connectivity index (χ3v) is 9.04. The van der Waals surface area contributed by atoms with Gasteiger partial charge >= 0.3 is 0 Å². The van der Waals surface area contributed by atoms with E-state index in [0.717, 1.165) is 29.8 Å². The minimum atomic E-state index is -3.57. The Bertz CT molecular complexity index is 942. The number of ketones is 1. The summed E-state index contributed by atoms with van der Waals surface area (Å²) in [5.74, 6) is 0.530. The Kier molecular flexibility index (Phi) is 6.76. The zero-order chi connectivity index (χ0) is 21.1. The van der Waals surface area contributed by atoms with Crippen LogP contribution >= 0.6 is 11.3 Å². The first-order valence-corrected chi connectivity index (χ1v) is 12.2. The Balaban J connectivity index is 1.69. The lowest BCUT2D eigenvalue weighted by molar-refractivity contribution is -0.120. The van der Waals surface area contributed by atoms with Crippen molar-refractivity contribution >= 4 is 27.0 Å². The van der Waals surface area contributed by atoms with E-state index >= 15 is 0 Å². The van der Waals surface area contributed by atoms with E-state index in [1.807, 2.05) is 29.6 Å². The van der Waals surface area contributed by atoms with Crippen LogP contribution in [0.4, 0.5) is 0 Å². The maximum Gasteiger partial charge on any atom is 0.162 e. The van der Waals surface area contributed by atoms with Crippen LogP contribution in [0, 0.1) is 5.92 Å². The Morgan fingerprint density at radius 3 is 2.52 bits per heavy atom. The summed E-state index contributed by atoms with van der Waals surface area (Å²) >= 11 is 1.37. The van der Waals surface area contributed by atoms with Gasteiger partial charge in [-0.15, -0.1) is 11.3 Å². The van der Waals surface area contributed by atoms with Gasteiger partial charge in [-0.3, -0.25) is 4.79 Å². The number of nitrogens with zero attached hydrogens (tertiary/aromatic N) is 1. The molecule has 1 aromatic heterocycles. The molecule has 1 aromatic carbocycles. The van der Waals surface area contributed by atoms with Gasteiger partial charge in [0.2, 0.25) is 0 Å². The Hall–Kier alpha value is -1.77. The molecule has 6 nitrogen and oxygen atoms in total. The standard InChI is InChI=1S/C21H27NO5S2/c1-21(2,29(24,25)14-15-8-10-27-11-9-15)19(23)12-20-22-18(13-28-20)16-4-6-17(26-3)7-5-16/h4-7,13,15H,8-12,14H2,1-3H3. The number of carbonyl (C=O) groups is 1. The Morgan fingerprint density at radius 2 is 1.90 bits per heavy atom. The van der Waals surface area contributed by atoms with Crippen LogP contribution in [0.5, 0.6) is 5.75 Å². The van der Waals surface area contributed by atoms with Crippen molar-refractivity contribution in [3.8, 4) is 17.0 Å². The third-order valence-electron chi connectivity index (χ3n) is 5.49. The number of hydrogen-bond acceptors (Lipinski definition) is 7. The highest BCUT2D eigenvalue weighted by atomic mass is 32.2. The zero-order valence-corrected chi connectivity index (χ0v) is 18.6. The second kappa shape index (κ2) is 8.93. The van der Waals surface area contributed by atoms with Crippen molar-refractivity contribution < 1.29 is 22.7 Å². The predicted octanol–water partition coefficient (Wildman–Crippen LogP) is 3.55. The molecule has 1 saturated heterocycles. The van der Waals surface area contributed by atoms with Gasteiger partial charge in [0.15, 0.2) is 15.6 Å². The highest BCUT2D eigenvalue weighted by Gasteiger charge is 2.42. The molecule has 0 amide bonds. The first-order valence-electron chi connectivity index (χ1n) is 9.65. The molecule has 0 aliphatic carbocycles. The number of benzene rings is 1. The highest BCUT2D eigenvalue weighted by molar-refractivity contribution is 7.93. The maximum absolute atomic E-state index is 12.9. The summed E-state index contributed by atoms with van der Waals surface area (Å²) in [7, 11) is -1.96. The minimum Gasteiger partial charge on any atom is -0.497 e. The molecular weight excluding hydrogens is 410 g/mol. The van der Waals surface area contributed by atoms with Crippen LogP contribution in [-0.4, -0.2) is 50.0 Å². The van der Waals surface area contributed by atoms with Crippen LogP contribution in [0.15, 0.2) is 29.6 Å². The number of hydrogen-bond donors (Lipinski definition) is 0. The molecule has 1 aliphatic heterocycles. The molecule has 1 aliphatic rings. The average molecular weight is 438 g/mol. The fraction of sp³-hybridized carbons (Fsp3) is 0.524. The van der Waals surface area contributed by atoms with Crippen LogP contribution in [0.2, 0.25) is 0 Å². The van der Waals surface area contributed by atoms with Gasteiger partial charge in [-0.1, -0.05) is 0 Å². The van der Waals surface area contributed by atoms with E-state index in [1.54, 1.807) is 7.11 Å². The van der Waals surface area contributed by atoms with Crippen molar-refractivity contribution in [2.45, 2.75) is 37.9 Å². The maximum atomic E-state index is 12.9. The molecule has 0 atom stereocenters. The summed E-state index contributed by atoms with van der Waals surface area (Å²) in [5, 5.41) is 2.50. The first kappa shape index (κ1) is 21.9. The number of ether oxygens (including phenoxy) is 2. The molecule has 8 heteroatoms. The van der Waals surface area contributed by atoms with E-state index in [4.69, 9.17) is 9.47 Å². The summed E-state index contributed by atoms with van der Waals surface area (Å²) in [6.07, 6.45) is 1.46. The van der Waals surface area contributed by atoms with Crippen molar-refractivity contribution in [3.05, 3.63) is 34.7 Å². The lowest BCUT2D eigenvalue weighted by Gasteiger charge is -2.28.